The molecule has 1 atom stereocenters. The van der Waals surface area contributed by atoms with Gasteiger partial charge in [-0.05, 0) is 40.3 Å². The molecule has 3 aromatic carbocycles. The zero-order valence-corrected chi connectivity index (χ0v) is 16.7. The Balaban J connectivity index is 1.26. The van der Waals surface area contributed by atoms with Crippen molar-refractivity contribution in [3.8, 4) is 16.9 Å². The molecule has 1 aliphatic carbocycles. The summed E-state index contributed by atoms with van der Waals surface area (Å²) in [5, 5.41) is 12.1. The van der Waals surface area contributed by atoms with Gasteiger partial charge in [0.25, 0.3) is 0 Å². The first kappa shape index (κ1) is 19.2. The van der Waals surface area contributed by atoms with E-state index in [1.165, 1.54) is 17.2 Å². The first-order chi connectivity index (χ1) is 15.1. The fourth-order valence-corrected chi connectivity index (χ4v) is 4.45. The Kier molecular flexibility index (Phi) is 4.82. The Labute approximate surface area is 179 Å². The summed E-state index contributed by atoms with van der Waals surface area (Å²) < 4.78 is 11.3. The van der Waals surface area contributed by atoms with Gasteiger partial charge in [-0.15, -0.1) is 0 Å². The van der Waals surface area contributed by atoms with Crippen LogP contribution in [0.15, 0.2) is 66.7 Å². The van der Waals surface area contributed by atoms with Crippen LogP contribution in [0.25, 0.3) is 11.1 Å². The summed E-state index contributed by atoms with van der Waals surface area (Å²) in [6.45, 7) is 0.212. The molecule has 5 rings (SSSR count). The van der Waals surface area contributed by atoms with E-state index in [4.69, 9.17) is 9.47 Å². The van der Waals surface area contributed by atoms with Crippen molar-refractivity contribution in [3.05, 3.63) is 89.0 Å². The summed E-state index contributed by atoms with van der Waals surface area (Å²) in [6.07, 6.45) is -0.0582. The van der Waals surface area contributed by atoms with Crippen LogP contribution in [0, 0.1) is 0 Å². The van der Waals surface area contributed by atoms with Gasteiger partial charge < -0.3 is 14.6 Å². The predicted octanol–water partition coefficient (Wildman–Crippen LogP) is 4.57. The van der Waals surface area contributed by atoms with Crippen molar-refractivity contribution in [1.82, 2.24) is 5.32 Å². The molecule has 0 bridgehead atoms. The smallest absolute Gasteiger partial charge is 0.410 e. The molecule has 0 radical (unpaired) electrons. The van der Waals surface area contributed by atoms with Gasteiger partial charge in [-0.2, -0.15) is 0 Å². The van der Waals surface area contributed by atoms with Crippen molar-refractivity contribution >= 4 is 12.1 Å². The van der Waals surface area contributed by atoms with Crippen LogP contribution in [-0.2, 0) is 11.2 Å². The van der Waals surface area contributed by atoms with Crippen LogP contribution >= 0.6 is 0 Å². The van der Waals surface area contributed by atoms with E-state index in [2.05, 4.69) is 29.6 Å². The molecular formula is C25H21NO5. The number of nitrogens with one attached hydrogen (secondary N) is 1. The number of ether oxygens (including phenoxy) is 2. The minimum atomic E-state index is -1.06. The zero-order valence-electron chi connectivity index (χ0n) is 16.7. The van der Waals surface area contributed by atoms with E-state index >= 15 is 0 Å². The van der Waals surface area contributed by atoms with Crippen LogP contribution < -0.4 is 10.1 Å². The van der Waals surface area contributed by atoms with E-state index in [9.17, 15) is 14.7 Å². The third-order valence-corrected chi connectivity index (χ3v) is 5.89. The number of fused-ring (bicyclic) bond motifs is 4. The van der Waals surface area contributed by atoms with Gasteiger partial charge in [0.15, 0.2) is 6.23 Å². The molecule has 0 spiro atoms. The van der Waals surface area contributed by atoms with E-state index in [0.29, 0.717) is 18.6 Å². The van der Waals surface area contributed by atoms with Crippen molar-refractivity contribution in [2.24, 2.45) is 0 Å². The molecule has 0 fully saturated rings. The maximum Gasteiger partial charge on any atom is 0.410 e. The molecule has 6 heteroatoms. The molecule has 156 valence electrons. The minimum Gasteiger partial charge on any atom is -0.478 e. The van der Waals surface area contributed by atoms with Gasteiger partial charge in [0, 0.05) is 12.3 Å². The average Bonchev–Trinajstić information content (AvgIpc) is 3.11. The van der Waals surface area contributed by atoms with Crippen LogP contribution in [0.5, 0.6) is 5.75 Å². The molecule has 1 amide bonds. The summed E-state index contributed by atoms with van der Waals surface area (Å²) in [7, 11) is 0. The number of aryl methyl sites for hydroxylation is 1. The Bertz CT molecular complexity index is 1130. The van der Waals surface area contributed by atoms with Gasteiger partial charge in [-0.1, -0.05) is 60.7 Å². The molecule has 2 aliphatic rings. The monoisotopic (exact) mass is 415 g/mol. The number of carboxylic acids is 1. The van der Waals surface area contributed by atoms with Gasteiger partial charge >= 0.3 is 12.1 Å². The van der Waals surface area contributed by atoms with Crippen molar-refractivity contribution in [3.63, 3.8) is 0 Å². The molecule has 1 heterocycles. The highest BCUT2D eigenvalue weighted by Gasteiger charge is 2.30. The lowest BCUT2D eigenvalue weighted by Crippen LogP contribution is -2.42. The Hall–Kier alpha value is -3.80. The van der Waals surface area contributed by atoms with Crippen LogP contribution in [0.1, 0.15) is 39.4 Å². The molecule has 2 N–H and O–H groups in total. The van der Waals surface area contributed by atoms with E-state index in [1.807, 2.05) is 30.3 Å². The number of para-hydroxylation sites is 1. The SMILES string of the molecule is O=C(NC1CCc2cccc(C(=O)O)c2O1)OCC1c2ccccc2-c2ccccc21. The number of carboxylic acid groups (broad SMARTS) is 1. The topological polar surface area (TPSA) is 84.9 Å². The molecule has 3 aromatic rings. The average molecular weight is 415 g/mol. The summed E-state index contributed by atoms with van der Waals surface area (Å²) in [5.41, 5.74) is 5.54. The third kappa shape index (κ3) is 3.50. The lowest BCUT2D eigenvalue weighted by molar-refractivity contribution is 0.0679. The van der Waals surface area contributed by atoms with Crippen LogP contribution in [-0.4, -0.2) is 30.0 Å². The van der Waals surface area contributed by atoms with Crippen LogP contribution in [0.4, 0.5) is 4.79 Å². The van der Waals surface area contributed by atoms with E-state index in [0.717, 1.165) is 16.7 Å². The number of benzene rings is 3. The maximum atomic E-state index is 12.5. The van der Waals surface area contributed by atoms with Crippen molar-refractivity contribution < 1.29 is 24.2 Å². The molecule has 1 unspecified atom stereocenters. The Morgan fingerprint density at radius 3 is 2.32 bits per heavy atom. The van der Waals surface area contributed by atoms with Gasteiger partial charge in [-0.3, -0.25) is 5.32 Å². The van der Waals surface area contributed by atoms with Crippen LogP contribution in [0.2, 0.25) is 0 Å². The highest BCUT2D eigenvalue weighted by molar-refractivity contribution is 5.91. The van der Waals surface area contributed by atoms with Crippen molar-refractivity contribution in [2.45, 2.75) is 25.0 Å². The lowest BCUT2D eigenvalue weighted by atomic mass is 9.98. The zero-order chi connectivity index (χ0) is 21.4. The van der Waals surface area contributed by atoms with Gasteiger partial charge in [-0.25, -0.2) is 9.59 Å². The first-order valence-corrected chi connectivity index (χ1v) is 10.2. The second-order valence-electron chi connectivity index (χ2n) is 7.71. The van der Waals surface area contributed by atoms with Crippen molar-refractivity contribution in [2.75, 3.05) is 6.61 Å². The van der Waals surface area contributed by atoms with Gasteiger partial charge in [0.1, 0.15) is 17.9 Å². The Morgan fingerprint density at radius 1 is 0.968 bits per heavy atom. The summed E-state index contributed by atoms with van der Waals surface area (Å²) in [6, 6.07) is 21.3. The number of amides is 1. The van der Waals surface area contributed by atoms with E-state index in [-0.39, 0.29) is 18.1 Å². The van der Waals surface area contributed by atoms with Crippen molar-refractivity contribution in [1.29, 1.82) is 0 Å². The molecule has 0 saturated heterocycles. The summed E-state index contributed by atoms with van der Waals surface area (Å²) in [5.74, 6) is -0.770. The normalized spacial score (nSPS) is 16.5. The lowest BCUT2D eigenvalue weighted by Gasteiger charge is -2.27. The fourth-order valence-electron chi connectivity index (χ4n) is 4.45. The Morgan fingerprint density at radius 2 is 1.65 bits per heavy atom. The molecule has 0 saturated carbocycles. The highest BCUT2D eigenvalue weighted by atomic mass is 16.6. The molecule has 6 nitrogen and oxygen atoms in total. The number of rotatable bonds is 4. The molecule has 0 aromatic heterocycles. The van der Waals surface area contributed by atoms with E-state index in [1.54, 1.807) is 6.07 Å². The number of hydrogen-bond donors (Lipinski definition) is 2. The maximum absolute atomic E-state index is 12.5. The molecular weight excluding hydrogens is 394 g/mol. The van der Waals surface area contributed by atoms with E-state index < -0.39 is 18.3 Å². The van der Waals surface area contributed by atoms with Gasteiger partial charge in [0.2, 0.25) is 0 Å². The second kappa shape index (κ2) is 7.80. The molecule has 31 heavy (non-hydrogen) atoms. The summed E-state index contributed by atoms with van der Waals surface area (Å²) >= 11 is 0. The third-order valence-electron chi connectivity index (χ3n) is 5.89. The predicted molar refractivity (Wildman–Crippen MR) is 114 cm³/mol. The number of alkyl carbamates (subject to hydrolysis) is 1. The van der Waals surface area contributed by atoms with Gasteiger partial charge in [0.05, 0.1) is 0 Å². The van der Waals surface area contributed by atoms with Crippen LogP contribution in [0.3, 0.4) is 0 Å². The molecule has 1 aliphatic heterocycles. The fraction of sp³-hybridized carbons (Fsp3) is 0.200. The number of hydrogen-bond acceptors (Lipinski definition) is 4. The quantitative estimate of drug-likeness (QED) is 0.652. The number of carbonyl (C=O) groups is 2. The summed E-state index contributed by atoms with van der Waals surface area (Å²) in [4.78, 5) is 24.0. The number of aromatic carboxylic acids is 1. The largest absolute Gasteiger partial charge is 0.478 e. The number of carbonyl (C=O) groups excluding carboxylic acids is 1. The second-order valence-corrected chi connectivity index (χ2v) is 7.71. The standard InChI is InChI=1S/C25H21NO5/c27-24(28)20-11-5-6-15-12-13-22(31-23(15)20)26-25(29)30-14-21-18-9-3-1-7-16(18)17-8-2-4-10-19(17)21/h1-11,21-22H,12-14H2,(H,26,29)(H,27,28). The first-order valence-electron chi connectivity index (χ1n) is 10.2. The minimum absolute atomic E-state index is 0.0234. The highest BCUT2D eigenvalue weighted by Crippen LogP contribution is 2.44.